The maximum absolute atomic E-state index is 12.4. The number of hydrogen-bond acceptors (Lipinski definition) is 4. The van der Waals surface area contributed by atoms with Crippen molar-refractivity contribution in [3.8, 4) is 0 Å². The van der Waals surface area contributed by atoms with Crippen LogP contribution in [0.2, 0.25) is 0 Å². The maximum atomic E-state index is 12.4. The molecule has 0 saturated carbocycles. The summed E-state index contributed by atoms with van der Waals surface area (Å²) in [4.78, 5) is 41.7. The summed E-state index contributed by atoms with van der Waals surface area (Å²) in [6.45, 7) is 7.21. The molecule has 0 aliphatic carbocycles. The Bertz CT molecular complexity index is 617. The van der Waals surface area contributed by atoms with Gasteiger partial charge in [0.1, 0.15) is 0 Å². The molecule has 1 fully saturated rings. The normalized spacial score (nSPS) is 15.6. The Morgan fingerprint density at radius 1 is 1.20 bits per heavy atom. The van der Waals surface area contributed by atoms with E-state index in [2.05, 4.69) is 15.6 Å². The first-order valence-electron chi connectivity index (χ1n) is 8.56. The van der Waals surface area contributed by atoms with Gasteiger partial charge >= 0.3 is 11.8 Å². The molecule has 25 heavy (non-hydrogen) atoms. The summed E-state index contributed by atoms with van der Waals surface area (Å²) >= 11 is 0. The van der Waals surface area contributed by atoms with Crippen LogP contribution in [0, 0.1) is 5.92 Å². The first-order valence-corrected chi connectivity index (χ1v) is 8.56. The minimum absolute atomic E-state index is 0.0138. The highest BCUT2D eigenvalue weighted by atomic mass is 16.2. The molecule has 7 nitrogen and oxygen atoms in total. The highest BCUT2D eigenvalue weighted by molar-refractivity contribution is 6.35. The van der Waals surface area contributed by atoms with Gasteiger partial charge in [0.25, 0.3) is 5.91 Å². The highest BCUT2D eigenvalue weighted by Crippen LogP contribution is 2.18. The quantitative estimate of drug-likeness (QED) is 0.798. The third kappa shape index (κ3) is 5.85. The number of nitrogens with zero attached hydrogens (tertiary/aromatic N) is 2. The molecule has 7 heteroatoms. The summed E-state index contributed by atoms with van der Waals surface area (Å²) in [6.07, 6.45) is 4.81. The fourth-order valence-corrected chi connectivity index (χ4v) is 2.73. The Hall–Kier alpha value is -2.44. The molecule has 2 N–H and O–H groups in total. The lowest BCUT2D eigenvalue weighted by Crippen LogP contribution is -2.49. The van der Waals surface area contributed by atoms with E-state index in [9.17, 15) is 14.4 Å². The molecule has 2 heterocycles. The monoisotopic (exact) mass is 346 g/mol. The Labute approximate surface area is 148 Å². The van der Waals surface area contributed by atoms with Gasteiger partial charge in [0.2, 0.25) is 0 Å². The number of carbonyl (C=O) groups is 3. The van der Waals surface area contributed by atoms with Crippen LogP contribution in [-0.2, 0) is 9.59 Å². The van der Waals surface area contributed by atoms with Crippen LogP contribution in [0.25, 0.3) is 0 Å². The van der Waals surface area contributed by atoms with Crippen LogP contribution < -0.4 is 10.6 Å². The third-order valence-corrected chi connectivity index (χ3v) is 4.06. The molecule has 1 aromatic heterocycles. The predicted molar refractivity (Wildman–Crippen MR) is 93.8 cm³/mol. The first kappa shape index (κ1) is 18.9. The number of aromatic nitrogens is 1. The summed E-state index contributed by atoms with van der Waals surface area (Å²) in [6, 6.07) is 3.51. The summed E-state index contributed by atoms with van der Waals surface area (Å²) in [5, 5.41) is 5.32. The van der Waals surface area contributed by atoms with E-state index in [-0.39, 0.29) is 11.8 Å². The van der Waals surface area contributed by atoms with E-state index >= 15 is 0 Å². The number of hydrogen-bond donors (Lipinski definition) is 2. The molecule has 2 rings (SSSR count). The lowest BCUT2D eigenvalue weighted by molar-refractivity contribution is -0.140. The molecule has 3 amide bonds. The van der Waals surface area contributed by atoms with Crippen molar-refractivity contribution >= 4 is 17.7 Å². The second-order valence-corrected chi connectivity index (χ2v) is 7.39. The molecule has 1 saturated heterocycles. The van der Waals surface area contributed by atoms with Gasteiger partial charge in [-0.2, -0.15) is 0 Å². The third-order valence-electron chi connectivity index (χ3n) is 4.06. The second-order valence-electron chi connectivity index (χ2n) is 7.39. The Balaban J connectivity index is 1.74. The van der Waals surface area contributed by atoms with Crippen molar-refractivity contribution in [2.75, 3.05) is 19.6 Å². The van der Waals surface area contributed by atoms with Crippen molar-refractivity contribution in [3.63, 3.8) is 0 Å². The van der Waals surface area contributed by atoms with Crippen molar-refractivity contribution in [1.82, 2.24) is 20.5 Å². The fourth-order valence-electron chi connectivity index (χ4n) is 2.73. The Kier molecular flexibility index (Phi) is 6.12. The number of rotatable bonds is 3. The lowest BCUT2D eigenvalue weighted by Gasteiger charge is -2.32. The predicted octanol–water partition coefficient (Wildman–Crippen LogP) is 0.965. The van der Waals surface area contributed by atoms with Crippen LogP contribution >= 0.6 is 0 Å². The zero-order chi connectivity index (χ0) is 18.4. The van der Waals surface area contributed by atoms with Gasteiger partial charge in [-0.25, -0.2) is 0 Å². The number of likely N-dealkylation sites (tertiary alicyclic amines) is 1. The van der Waals surface area contributed by atoms with Gasteiger partial charge in [-0.05, 0) is 51.7 Å². The average Bonchev–Trinajstić information content (AvgIpc) is 2.58. The van der Waals surface area contributed by atoms with E-state index < -0.39 is 17.4 Å². The number of pyridine rings is 1. The molecule has 1 aromatic rings. The van der Waals surface area contributed by atoms with Crippen LogP contribution in [-0.4, -0.2) is 52.8 Å². The molecule has 136 valence electrons. The summed E-state index contributed by atoms with van der Waals surface area (Å²) < 4.78 is 0. The minimum Gasteiger partial charge on any atom is -0.348 e. The maximum Gasteiger partial charge on any atom is 0.309 e. The number of amides is 3. The van der Waals surface area contributed by atoms with E-state index in [1.807, 2.05) is 25.7 Å². The van der Waals surface area contributed by atoms with Gasteiger partial charge in [-0.15, -0.1) is 0 Å². The topological polar surface area (TPSA) is 91.4 Å². The molecule has 0 radical (unpaired) electrons. The number of carbonyl (C=O) groups excluding carboxylic acids is 3. The van der Waals surface area contributed by atoms with E-state index in [1.165, 1.54) is 0 Å². The van der Waals surface area contributed by atoms with Gasteiger partial charge in [0.05, 0.1) is 5.56 Å². The number of piperidine rings is 1. The molecule has 0 atom stereocenters. The minimum atomic E-state index is -0.614. The average molecular weight is 346 g/mol. The molecule has 0 bridgehead atoms. The van der Waals surface area contributed by atoms with Gasteiger partial charge < -0.3 is 15.5 Å². The van der Waals surface area contributed by atoms with Gasteiger partial charge in [-0.1, -0.05) is 0 Å². The van der Waals surface area contributed by atoms with Crippen molar-refractivity contribution in [2.24, 2.45) is 5.92 Å². The van der Waals surface area contributed by atoms with Gasteiger partial charge in [-0.3, -0.25) is 19.4 Å². The van der Waals surface area contributed by atoms with Gasteiger partial charge in [0, 0.05) is 37.6 Å². The highest BCUT2D eigenvalue weighted by Gasteiger charge is 2.25. The molecular formula is C18H26N4O3. The molecule has 1 aliphatic heterocycles. The van der Waals surface area contributed by atoms with E-state index in [0.29, 0.717) is 25.2 Å². The zero-order valence-corrected chi connectivity index (χ0v) is 15.0. The van der Waals surface area contributed by atoms with Crippen LogP contribution in [0.15, 0.2) is 24.5 Å². The Morgan fingerprint density at radius 3 is 2.44 bits per heavy atom. The van der Waals surface area contributed by atoms with E-state index in [0.717, 1.165) is 12.8 Å². The van der Waals surface area contributed by atoms with Crippen LogP contribution in [0.4, 0.5) is 0 Å². The second kappa shape index (κ2) is 8.09. The molecule has 0 aromatic carbocycles. The van der Waals surface area contributed by atoms with E-state index in [4.69, 9.17) is 0 Å². The molecule has 0 unspecified atom stereocenters. The smallest absolute Gasteiger partial charge is 0.309 e. The van der Waals surface area contributed by atoms with Crippen LogP contribution in [0.1, 0.15) is 44.0 Å². The van der Waals surface area contributed by atoms with Crippen LogP contribution in [0.5, 0.6) is 0 Å². The first-order chi connectivity index (χ1) is 11.8. The summed E-state index contributed by atoms with van der Waals surface area (Å²) in [7, 11) is 0. The zero-order valence-electron chi connectivity index (χ0n) is 15.0. The fraction of sp³-hybridized carbons (Fsp3) is 0.556. The summed E-state index contributed by atoms with van der Waals surface area (Å²) in [5.41, 5.74) is 0.153. The van der Waals surface area contributed by atoms with E-state index in [1.54, 1.807) is 24.5 Å². The van der Waals surface area contributed by atoms with Crippen LogP contribution in [0.3, 0.4) is 0 Å². The molecule has 0 spiro atoms. The van der Waals surface area contributed by atoms with Crippen molar-refractivity contribution in [3.05, 3.63) is 30.1 Å². The standard InChI is InChI=1S/C18H26N4O3/c1-18(2,3)21-16(24)15(23)20-11-13-6-9-22(10-7-13)17(25)14-5-4-8-19-12-14/h4-5,8,12-13H,6-7,9-11H2,1-3H3,(H,20,23)(H,21,24). The van der Waals surface area contributed by atoms with Crippen molar-refractivity contribution in [1.29, 1.82) is 0 Å². The van der Waals surface area contributed by atoms with Crippen molar-refractivity contribution < 1.29 is 14.4 Å². The lowest BCUT2D eigenvalue weighted by atomic mass is 9.96. The summed E-state index contributed by atoms with van der Waals surface area (Å²) in [5.74, 6) is -0.968. The number of nitrogens with one attached hydrogen (secondary N) is 2. The van der Waals surface area contributed by atoms with Gasteiger partial charge in [0.15, 0.2) is 0 Å². The SMILES string of the molecule is CC(C)(C)NC(=O)C(=O)NCC1CCN(C(=O)c2cccnc2)CC1. The molecular weight excluding hydrogens is 320 g/mol. The Morgan fingerprint density at radius 2 is 1.88 bits per heavy atom. The molecule has 1 aliphatic rings. The van der Waals surface area contributed by atoms with Crippen molar-refractivity contribution in [2.45, 2.75) is 39.2 Å². The largest absolute Gasteiger partial charge is 0.348 e.